The number of carboxylic acid groups (broad SMARTS) is 2. The van der Waals surface area contributed by atoms with Crippen LogP contribution in [0.1, 0.15) is 88.1 Å². The van der Waals surface area contributed by atoms with E-state index in [1.807, 2.05) is 136 Å². The standard InChI is InChI=1S/C29H31N3O6.C27H35N3O6/c33-26(12-7-17-30-29(37)38-20-21-8-3-1-4-9-21)31-19-27(34)32-25(18-28(35)36)24-15-13-23(14-16-24)22-10-5-2-6-11-22;1-27(2,3)18-36-26(35)28-15-7-10-23(31)29-17-24(32)30-22(16-25(33)34)21-13-11-20(12-14-21)19-8-5-4-6-9-19/h1-6,8-11,13-16,25H,7,12,17-20H2,(H,30,37)(H,31,33)(H,32,34)(H,35,36);4-6,8-9,11-14,22H,7,10,15-18H2,1-3H3,(H,28,35)(H,29,31)(H,30,32)(H,33,34). The number of carboxylic acids is 2. The van der Waals surface area contributed by atoms with E-state index in [0.717, 1.165) is 27.8 Å². The number of hydrogen-bond donors (Lipinski definition) is 8. The van der Waals surface area contributed by atoms with Crippen LogP contribution in [0, 0.1) is 5.41 Å². The molecule has 74 heavy (non-hydrogen) atoms. The number of rotatable bonds is 25. The van der Waals surface area contributed by atoms with Gasteiger partial charge < -0.3 is 51.6 Å². The van der Waals surface area contributed by atoms with E-state index in [9.17, 15) is 48.6 Å². The summed E-state index contributed by atoms with van der Waals surface area (Å²) in [5.41, 5.74) is 6.05. The summed E-state index contributed by atoms with van der Waals surface area (Å²) in [5, 5.41) is 34.1. The topological polar surface area (TPSA) is 268 Å². The predicted molar refractivity (Wildman–Crippen MR) is 278 cm³/mol. The van der Waals surface area contributed by atoms with Crippen molar-refractivity contribution in [2.45, 2.75) is 78.0 Å². The number of alkyl carbamates (subject to hydrolysis) is 2. The van der Waals surface area contributed by atoms with E-state index in [4.69, 9.17) is 9.47 Å². The van der Waals surface area contributed by atoms with Crippen molar-refractivity contribution in [3.8, 4) is 22.3 Å². The Balaban J connectivity index is 0.000000321. The van der Waals surface area contributed by atoms with E-state index in [2.05, 4.69) is 31.9 Å². The van der Waals surface area contributed by atoms with Gasteiger partial charge in [-0.25, -0.2) is 9.59 Å². The quantitative estimate of drug-likeness (QED) is 0.0265. The van der Waals surface area contributed by atoms with E-state index in [1.54, 1.807) is 24.3 Å². The molecule has 0 spiro atoms. The maximum Gasteiger partial charge on any atom is 0.407 e. The number of ether oxygens (including phenoxy) is 2. The fourth-order valence-electron chi connectivity index (χ4n) is 6.94. The fraction of sp³-hybridized carbons (Fsp3) is 0.321. The van der Waals surface area contributed by atoms with Gasteiger partial charge in [-0.3, -0.25) is 28.8 Å². The molecule has 0 heterocycles. The van der Waals surface area contributed by atoms with Gasteiger partial charge in [-0.2, -0.15) is 0 Å². The summed E-state index contributed by atoms with van der Waals surface area (Å²) in [7, 11) is 0. The van der Waals surface area contributed by atoms with Gasteiger partial charge in [-0.05, 0) is 57.2 Å². The van der Waals surface area contributed by atoms with Crippen LogP contribution in [0.25, 0.3) is 22.3 Å². The van der Waals surface area contributed by atoms with Crippen molar-refractivity contribution in [2.75, 3.05) is 32.8 Å². The van der Waals surface area contributed by atoms with Crippen molar-refractivity contribution in [3.05, 3.63) is 156 Å². The predicted octanol–water partition coefficient (Wildman–Crippen LogP) is 7.46. The van der Waals surface area contributed by atoms with E-state index in [0.29, 0.717) is 24.0 Å². The third-order valence-corrected chi connectivity index (χ3v) is 10.7. The van der Waals surface area contributed by atoms with Gasteiger partial charge in [0.15, 0.2) is 0 Å². The van der Waals surface area contributed by atoms with Gasteiger partial charge in [-0.1, -0.05) is 160 Å². The molecule has 0 saturated carbocycles. The van der Waals surface area contributed by atoms with Gasteiger partial charge in [0.05, 0.1) is 44.6 Å². The van der Waals surface area contributed by atoms with Gasteiger partial charge in [0, 0.05) is 25.9 Å². The van der Waals surface area contributed by atoms with Crippen molar-refractivity contribution in [1.29, 1.82) is 0 Å². The molecule has 0 aliphatic rings. The Morgan fingerprint density at radius 3 is 1.20 bits per heavy atom. The molecular formula is C56H66N6O12. The number of carbonyl (C=O) groups excluding carboxylic acids is 6. The highest BCUT2D eigenvalue weighted by molar-refractivity contribution is 5.86. The highest BCUT2D eigenvalue weighted by Gasteiger charge is 2.21. The van der Waals surface area contributed by atoms with Crippen LogP contribution in [0.5, 0.6) is 0 Å². The minimum atomic E-state index is -1.05. The lowest BCUT2D eigenvalue weighted by Crippen LogP contribution is -2.39. The zero-order chi connectivity index (χ0) is 53.7. The van der Waals surface area contributed by atoms with Gasteiger partial charge in [0.2, 0.25) is 23.6 Å². The lowest BCUT2D eigenvalue weighted by Gasteiger charge is -2.18. The molecule has 18 nitrogen and oxygen atoms in total. The average Bonchev–Trinajstić information content (AvgIpc) is 3.39. The first-order valence-electron chi connectivity index (χ1n) is 24.2. The summed E-state index contributed by atoms with van der Waals surface area (Å²) in [6.45, 7) is 6.23. The monoisotopic (exact) mass is 1010 g/mol. The summed E-state index contributed by atoms with van der Waals surface area (Å²) in [6.07, 6.45) is -0.729. The van der Waals surface area contributed by atoms with E-state index < -0.39 is 48.0 Å². The van der Waals surface area contributed by atoms with Crippen LogP contribution in [0.2, 0.25) is 0 Å². The summed E-state index contributed by atoms with van der Waals surface area (Å²) >= 11 is 0. The average molecular weight is 1020 g/mol. The summed E-state index contributed by atoms with van der Waals surface area (Å²) < 4.78 is 10.2. The largest absolute Gasteiger partial charge is 0.481 e. The number of aliphatic carboxylic acids is 2. The third-order valence-electron chi connectivity index (χ3n) is 10.7. The summed E-state index contributed by atoms with van der Waals surface area (Å²) in [6, 6.07) is 41.9. The number of carbonyl (C=O) groups is 8. The van der Waals surface area contributed by atoms with Crippen LogP contribution in [-0.2, 0) is 44.8 Å². The maximum atomic E-state index is 12.4. The van der Waals surface area contributed by atoms with Crippen molar-refractivity contribution >= 4 is 47.8 Å². The minimum absolute atomic E-state index is 0.103. The molecule has 0 radical (unpaired) electrons. The highest BCUT2D eigenvalue weighted by atomic mass is 16.6. The van der Waals surface area contributed by atoms with Gasteiger partial charge in [0.1, 0.15) is 6.61 Å². The zero-order valence-corrected chi connectivity index (χ0v) is 41.9. The molecule has 0 bridgehead atoms. The van der Waals surface area contributed by atoms with Crippen molar-refractivity contribution in [3.63, 3.8) is 0 Å². The number of nitrogens with one attached hydrogen (secondary N) is 6. The highest BCUT2D eigenvalue weighted by Crippen LogP contribution is 2.25. The molecule has 18 heteroatoms. The van der Waals surface area contributed by atoms with Crippen molar-refractivity contribution in [1.82, 2.24) is 31.9 Å². The second kappa shape index (κ2) is 31.0. The Kier molecular flexibility index (Phi) is 24.3. The molecular weight excluding hydrogens is 949 g/mol. The molecule has 8 N–H and O–H groups in total. The zero-order valence-electron chi connectivity index (χ0n) is 41.9. The fourth-order valence-corrected chi connectivity index (χ4v) is 6.94. The van der Waals surface area contributed by atoms with E-state index in [-0.39, 0.29) is 82.3 Å². The Morgan fingerprint density at radius 1 is 0.459 bits per heavy atom. The van der Waals surface area contributed by atoms with Crippen molar-refractivity contribution < 1.29 is 58.0 Å². The van der Waals surface area contributed by atoms with Gasteiger partial charge >= 0.3 is 24.1 Å². The van der Waals surface area contributed by atoms with Crippen molar-refractivity contribution in [2.24, 2.45) is 5.41 Å². The third kappa shape index (κ3) is 23.6. The first-order valence-corrected chi connectivity index (χ1v) is 24.2. The second-order valence-corrected chi connectivity index (χ2v) is 18.2. The number of benzene rings is 5. The molecule has 5 aromatic carbocycles. The molecule has 0 aliphatic heterocycles. The molecule has 0 fully saturated rings. The van der Waals surface area contributed by atoms with Crippen LogP contribution < -0.4 is 31.9 Å². The van der Waals surface area contributed by atoms with Crippen LogP contribution in [0.3, 0.4) is 0 Å². The second-order valence-electron chi connectivity index (χ2n) is 18.2. The molecule has 0 aliphatic carbocycles. The summed E-state index contributed by atoms with van der Waals surface area (Å²) in [4.78, 5) is 95.0. The molecule has 2 unspecified atom stereocenters. The molecule has 5 aromatic rings. The van der Waals surface area contributed by atoms with Crippen LogP contribution in [0.4, 0.5) is 9.59 Å². The number of amides is 6. The molecule has 5 rings (SSSR count). The minimum Gasteiger partial charge on any atom is -0.481 e. The SMILES string of the molecule is CC(C)(C)COC(=O)NCCCC(=O)NCC(=O)NC(CC(=O)O)c1ccc(-c2ccccc2)cc1.O=C(O)CC(NC(=O)CNC(=O)CCCNC(=O)OCc1ccccc1)c1ccc(-c2ccccc2)cc1. The maximum absolute atomic E-state index is 12.4. The van der Waals surface area contributed by atoms with Crippen LogP contribution in [-0.4, -0.2) is 90.8 Å². The molecule has 0 aromatic heterocycles. The van der Waals surface area contributed by atoms with E-state index in [1.165, 1.54) is 0 Å². The first-order chi connectivity index (χ1) is 35.4. The Morgan fingerprint density at radius 2 is 0.824 bits per heavy atom. The lowest BCUT2D eigenvalue weighted by molar-refractivity contribution is -0.139. The normalized spacial score (nSPS) is 11.4. The Labute approximate surface area is 431 Å². The van der Waals surface area contributed by atoms with Crippen LogP contribution in [0.15, 0.2) is 140 Å². The van der Waals surface area contributed by atoms with Crippen LogP contribution >= 0.6 is 0 Å². The smallest absolute Gasteiger partial charge is 0.407 e. The molecule has 6 amide bonds. The molecule has 0 saturated heterocycles. The lowest BCUT2D eigenvalue weighted by atomic mass is 9.99. The Bertz CT molecular complexity index is 2570. The Hall–Kier alpha value is -8.54. The van der Waals surface area contributed by atoms with E-state index >= 15 is 0 Å². The number of hydrogen-bond acceptors (Lipinski definition) is 10. The van der Waals surface area contributed by atoms with Gasteiger partial charge in [-0.15, -0.1) is 0 Å². The summed E-state index contributed by atoms with van der Waals surface area (Å²) in [5.74, 6) is -3.81. The van der Waals surface area contributed by atoms with Gasteiger partial charge in [0.25, 0.3) is 0 Å². The molecule has 2 atom stereocenters. The molecule has 392 valence electrons. The first kappa shape index (κ1) is 58.0.